The summed E-state index contributed by atoms with van der Waals surface area (Å²) in [5.74, 6) is -0.217. The number of hydrogen-bond acceptors (Lipinski definition) is 6. The molecule has 1 aliphatic heterocycles. The number of fused-ring (bicyclic) bond motifs is 1. The lowest BCUT2D eigenvalue weighted by Gasteiger charge is -2.39. The molecule has 0 radical (unpaired) electrons. The monoisotopic (exact) mass is 739 g/mol. The second-order valence-electron chi connectivity index (χ2n) is 16.7. The summed E-state index contributed by atoms with van der Waals surface area (Å²) in [4.78, 5) is 62.6. The van der Waals surface area contributed by atoms with Gasteiger partial charge in [0.1, 0.15) is 17.7 Å². The van der Waals surface area contributed by atoms with Crippen LogP contribution in [0.5, 0.6) is 0 Å². The SMILES string of the molecule is CN(C)CC1CCN(C(=O)[C@@H](Cc2ccccc2)N(C)C(=O)[C@@H](Cc2ccc3ccccc3c2)N(C)C(=O)C=CCC(C)(C)NC(=O)OC(C)(C)C)CC1. The molecule has 3 aromatic carbocycles. The Morgan fingerprint density at radius 3 is 2.04 bits per heavy atom. The fourth-order valence-electron chi connectivity index (χ4n) is 7.01. The molecular formula is C44H61N5O5. The van der Waals surface area contributed by atoms with Gasteiger partial charge in [0.15, 0.2) is 0 Å². The van der Waals surface area contributed by atoms with Gasteiger partial charge >= 0.3 is 6.09 Å². The van der Waals surface area contributed by atoms with Gasteiger partial charge in [-0.05, 0) is 102 Å². The molecule has 4 amide bonds. The predicted molar refractivity (Wildman–Crippen MR) is 216 cm³/mol. The van der Waals surface area contributed by atoms with Crippen molar-refractivity contribution < 1.29 is 23.9 Å². The predicted octanol–water partition coefficient (Wildman–Crippen LogP) is 6.33. The first-order valence-electron chi connectivity index (χ1n) is 19.1. The van der Waals surface area contributed by atoms with Crippen LogP contribution in [0.25, 0.3) is 10.8 Å². The standard InChI is InChI=1S/C44H61N5O5/c1-43(2,3)54-42(53)45-44(4,5)25-15-20-39(50)47(8)37(30-34-21-22-35-18-13-14-19-36(35)28-34)40(51)48(9)38(29-32-16-11-10-12-17-32)41(52)49-26-23-33(24-27-49)31-46(6)7/h10-22,28,33,37-38H,23-27,29-31H2,1-9H3,(H,45,53)/t37-,38-/m1/s1. The van der Waals surface area contributed by atoms with Crippen LogP contribution in [-0.2, 0) is 32.0 Å². The molecular weight excluding hydrogens is 679 g/mol. The summed E-state index contributed by atoms with van der Waals surface area (Å²) in [6.45, 7) is 11.4. The van der Waals surface area contributed by atoms with Crippen LogP contribution in [0.15, 0.2) is 84.9 Å². The third-order valence-corrected chi connectivity index (χ3v) is 9.99. The molecule has 0 bridgehead atoms. The number of likely N-dealkylation sites (N-methyl/N-ethyl adjacent to an activating group) is 2. The van der Waals surface area contributed by atoms with Gasteiger partial charge in [0, 0.05) is 52.1 Å². The second-order valence-corrected chi connectivity index (χ2v) is 16.7. The first-order valence-corrected chi connectivity index (χ1v) is 19.1. The van der Waals surface area contributed by atoms with Crippen LogP contribution in [0.1, 0.15) is 65.0 Å². The van der Waals surface area contributed by atoms with Crippen LogP contribution in [0.4, 0.5) is 4.79 Å². The number of alkyl carbamates (subject to hydrolysis) is 1. The number of hydrogen-bond donors (Lipinski definition) is 1. The molecule has 0 unspecified atom stereocenters. The summed E-state index contributed by atoms with van der Waals surface area (Å²) >= 11 is 0. The number of nitrogens with one attached hydrogen (secondary N) is 1. The van der Waals surface area contributed by atoms with E-state index in [2.05, 4.69) is 30.4 Å². The van der Waals surface area contributed by atoms with Crippen molar-refractivity contribution in [2.45, 2.75) is 89.9 Å². The average molecular weight is 740 g/mol. The fourth-order valence-corrected chi connectivity index (χ4v) is 7.01. The molecule has 10 nitrogen and oxygen atoms in total. The lowest BCUT2D eigenvalue weighted by atomic mass is 9.94. The third-order valence-electron chi connectivity index (χ3n) is 9.99. The molecule has 0 aliphatic carbocycles. The number of rotatable bonds is 14. The minimum absolute atomic E-state index is 0.0731. The zero-order valence-electron chi connectivity index (χ0n) is 33.8. The Labute approximate surface area is 322 Å². The number of benzene rings is 3. The van der Waals surface area contributed by atoms with E-state index in [1.165, 1.54) is 11.0 Å². The van der Waals surface area contributed by atoms with Crippen LogP contribution in [0.3, 0.4) is 0 Å². The molecule has 0 spiro atoms. The van der Waals surface area contributed by atoms with Crippen molar-refractivity contribution in [1.29, 1.82) is 0 Å². The molecule has 1 aliphatic rings. The van der Waals surface area contributed by atoms with Crippen LogP contribution in [-0.4, -0.2) is 114 Å². The fraction of sp³-hybridized carbons (Fsp3) is 0.500. The lowest BCUT2D eigenvalue weighted by Crippen LogP contribution is -2.57. The number of nitrogens with zero attached hydrogens (tertiary/aromatic N) is 4. The lowest BCUT2D eigenvalue weighted by molar-refractivity contribution is -0.149. The molecule has 1 heterocycles. The van der Waals surface area contributed by atoms with Gasteiger partial charge in [-0.3, -0.25) is 14.4 Å². The van der Waals surface area contributed by atoms with Gasteiger partial charge in [0.05, 0.1) is 0 Å². The summed E-state index contributed by atoms with van der Waals surface area (Å²) in [5, 5.41) is 4.99. The topological polar surface area (TPSA) is 103 Å². The maximum absolute atomic E-state index is 14.8. The number of likely N-dealkylation sites (tertiary alicyclic amines) is 1. The van der Waals surface area contributed by atoms with Gasteiger partial charge in [-0.1, -0.05) is 78.9 Å². The summed E-state index contributed by atoms with van der Waals surface area (Å²) in [6, 6.07) is 22.3. The molecule has 3 aromatic rings. The highest BCUT2D eigenvalue weighted by molar-refractivity contribution is 5.95. The van der Waals surface area contributed by atoms with E-state index in [9.17, 15) is 19.2 Å². The number of carbonyl (C=O) groups excluding carboxylic acids is 4. The molecule has 1 fully saturated rings. The molecule has 0 aromatic heterocycles. The van der Waals surface area contributed by atoms with Gasteiger partial charge in [-0.2, -0.15) is 0 Å². The van der Waals surface area contributed by atoms with Gasteiger partial charge in [0.2, 0.25) is 17.7 Å². The average Bonchev–Trinajstić information content (AvgIpc) is 3.11. The Kier molecular flexibility index (Phi) is 14.5. The molecule has 1 N–H and O–H groups in total. The van der Waals surface area contributed by atoms with Gasteiger partial charge < -0.3 is 29.7 Å². The number of amides is 4. The summed E-state index contributed by atoms with van der Waals surface area (Å²) < 4.78 is 5.41. The minimum Gasteiger partial charge on any atom is -0.444 e. The van der Waals surface area contributed by atoms with Crippen molar-refractivity contribution in [3.8, 4) is 0 Å². The maximum atomic E-state index is 14.8. The van der Waals surface area contributed by atoms with Crippen LogP contribution < -0.4 is 5.32 Å². The first kappa shape index (κ1) is 42.0. The van der Waals surface area contributed by atoms with E-state index >= 15 is 0 Å². The van der Waals surface area contributed by atoms with Gasteiger partial charge in [-0.25, -0.2) is 4.79 Å². The van der Waals surface area contributed by atoms with Crippen molar-refractivity contribution in [1.82, 2.24) is 24.9 Å². The van der Waals surface area contributed by atoms with Crippen LogP contribution >= 0.6 is 0 Å². The van der Waals surface area contributed by atoms with Crippen molar-refractivity contribution >= 4 is 34.6 Å². The number of ether oxygens (including phenoxy) is 1. The quantitative estimate of drug-likeness (QED) is 0.194. The third kappa shape index (κ3) is 12.4. The zero-order valence-corrected chi connectivity index (χ0v) is 33.8. The van der Waals surface area contributed by atoms with E-state index in [0.717, 1.165) is 41.3 Å². The van der Waals surface area contributed by atoms with Crippen LogP contribution in [0.2, 0.25) is 0 Å². The molecule has 1 saturated heterocycles. The summed E-state index contributed by atoms with van der Waals surface area (Å²) in [5.41, 5.74) is 0.534. The molecule has 4 rings (SSSR count). The summed E-state index contributed by atoms with van der Waals surface area (Å²) in [7, 11) is 7.48. The Bertz CT molecular complexity index is 1760. The van der Waals surface area contributed by atoms with E-state index in [1.807, 2.05) is 85.5 Å². The Morgan fingerprint density at radius 2 is 1.41 bits per heavy atom. The Hall–Kier alpha value is -4.70. The van der Waals surface area contributed by atoms with Crippen molar-refractivity contribution in [3.63, 3.8) is 0 Å². The highest BCUT2D eigenvalue weighted by atomic mass is 16.6. The molecule has 2 atom stereocenters. The second kappa shape index (κ2) is 18.6. The number of carbonyl (C=O) groups is 4. The first-order chi connectivity index (χ1) is 25.4. The van der Waals surface area contributed by atoms with E-state index in [0.29, 0.717) is 31.8 Å². The normalized spacial score (nSPS) is 15.3. The van der Waals surface area contributed by atoms with E-state index in [1.54, 1.807) is 45.8 Å². The molecule has 10 heteroatoms. The number of piperidine rings is 1. The van der Waals surface area contributed by atoms with Crippen molar-refractivity contribution in [3.05, 3.63) is 96.1 Å². The molecule has 0 saturated carbocycles. The Balaban J connectivity index is 1.60. The maximum Gasteiger partial charge on any atom is 0.408 e. The van der Waals surface area contributed by atoms with E-state index < -0.39 is 29.3 Å². The minimum atomic E-state index is -0.891. The zero-order chi connectivity index (χ0) is 39.6. The molecule has 54 heavy (non-hydrogen) atoms. The van der Waals surface area contributed by atoms with E-state index in [-0.39, 0.29) is 24.1 Å². The largest absolute Gasteiger partial charge is 0.444 e. The van der Waals surface area contributed by atoms with Crippen molar-refractivity contribution in [2.24, 2.45) is 5.92 Å². The molecule has 292 valence electrons. The summed E-state index contributed by atoms with van der Waals surface area (Å²) in [6.07, 6.45) is 5.43. The smallest absolute Gasteiger partial charge is 0.408 e. The Morgan fingerprint density at radius 1 is 0.796 bits per heavy atom. The van der Waals surface area contributed by atoms with Crippen molar-refractivity contribution in [2.75, 3.05) is 47.8 Å². The van der Waals surface area contributed by atoms with Crippen LogP contribution in [0, 0.1) is 5.92 Å². The van der Waals surface area contributed by atoms with Gasteiger partial charge in [0.25, 0.3) is 0 Å². The highest BCUT2D eigenvalue weighted by Gasteiger charge is 2.37. The van der Waals surface area contributed by atoms with E-state index in [4.69, 9.17) is 4.74 Å². The van der Waals surface area contributed by atoms with Gasteiger partial charge in [-0.15, -0.1) is 0 Å². The highest BCUT2D eigenvalue weighted by Crippen LogP contribution is 2.23.